The number of rotatable bonds is 6. The van der Waals surface area contributed by atoms with Crippen LogP contribution in [0, 0.1) is 19.8 Å². The Morgan fingerprint density at radius 1 is 1.20 bits per heavy atom. The van der Waals surface area contributed by atoms with Gasteiger partial charge in [-0.25, -0.2) is 0 Å². The molecule has 0 radical (unpaired) electrons. The quantitative estimate of drug-likeness (QED) is 0.832. The molecule has 2 heteroatoms. The lowest BCUT2D eigenvalue weighted by atomic mass is 9.87. The first-order chi connectivity index (χ1) is 9.61. The molecule has 1 aliphatic carbocycles. The summed E-state index contributed by atoms with van der Waals surface area (Å²) >= 11 is 0. The highest BCUT2D eigenvalue weighted by Gasteiger charge is 2.22. The van der Waals surface area contributed by atoms with Gasteiger partial charge in [0.1, 0.15) is 0 Å². The molecule has 2 rings (SSSR count). The van der Waals surface area contributed by atoms with Crippen LogP contribution < -0.4 is 5.73 Å². The predicted molar refractivity (Wildman–Crippen MR) is 84.9 cm³/mol. The summed E-state index contributed by atoms with van der Waals surface area (Å²) in [5, 5.41) is 10.5. The topological polar surface area (TPSA) is 46.2 Å². The molecule has 1 fully saturated rings. The average molecular weight is 275 g/mol. The minimum Gasteiger partial charge on any atom is -0.392 e. The standard InChI is InChI=1S/C18H29NO/c1-13-7-9-16(11-14(13)2)17(12-19)18(20)10-8-15-5-3-4-6-15/h7,9,11,15,17-18,20H,3-6,8,10,12,19H2,1-2H3. The van der Waals surface area contributed by atoms with Crippen molar-refractivity contribution in [1.29, 1.82) is 0 Å². The summed E-state index contributed by atoms with van der Waals surface area (Å²) in [6, 6.07) is 6.45. The van der Waals surface area contributed by atoms with Crippen molar-refractivity contribution in [2.45, 2.75) is 64.4 Å². The number of benzene rings is 1. The van der Waals surface area contributed by atoms with E-state index in [2.05, 4.69) is 32.0 Å². The summed E-state index contributed by atoms with van der Waals surface area (Å²) in [6.45, 7) is 4.76. The van der Waals surface area contributed by atoms with Crippen LogP contribution in [0.25, 0.3) is 0 Å². The van der Waals surface area contributed by atoms with Crippen LogP contribution in [0.3, 0.4) is 0 Å². The molecule has 1 aromatic rings. The molecule has 1 aliphatic rings. The molecule has 20 heavy (non-hydrogen) atoms. The highest BCUT2D eigenvalue weighted by Crippen LogP contribution is 2.31. The van der Waals surface area contributed by atoms with Gasteiger partial charge in [0.15, 0.2) is 0 Å². The van der Waals surface area contributed by atoms with Gasteiger partial charge >= 0.3 is 0 Å². The van der Waals surface area contributed by atoms with Gasteiger partial charge in [-0.2, -0.15) is 0 Å². The Bertz CT molecular complexity index is 423. The summed E-state index contributed by atoms with van der Waals surface area (Å²) in [5.74, 6) is 0.915. The van der Waals surface area contributed by atoms with Crippen molar-refractivity contribution in [2.75, 3.05) is 6.54 Å². The molecule has 2 atom stereocenters. The molecular formula is C18H29NO. The van der Waals surface area contributed by atoms with Crippen molar-refractivity contribution in [3.8, 4) is 0 Å². The molecule has 0 spiro atoms. The third-order valence-corrected chi connectivity index (χ3v) is 5.02. The van der Waals surface area contributed by atoms with Crippen molar-refractivity contribution >= 4 is 0 Å². The van der Waals surface area contributed by atoms with Gasteiger partial charge in [0.2, 0.25) is 0 Å². The lowest BCUT2D eigenvalue weighted by Crippen LogP contribution is -2.26. The van der Waals surface area contributed by atoms with Crippen LogP contribution in [0.2, 0.25) is 0 Å². The first-order valence-corrected chi connectivity index (χ1v) is 8.07. The van der Waals surface area contributed by atoms with E-state index in [1.54, 1.807) is 0 Å². The van der Waals surface area contributed by atoms with Gasteiger partial charge in [-0.15, -0.1) is 0 Å². The average Bonchev–Trinajstić information content (AvgIpc) is 2.94. The predicted octanol–water partition coefficient (Wildman–Crippen LogP) is 3.68. The van der Waals surface area contributed by atoms with Gasteiger partial charge < -0.3 is 10.8 Å². The SMILES string of the molecule is Cc1ccc(C(CN)C(O)CCC2CCCC2)cc1C. The molecule has 1 aromatic carbocycles. The summed E-state index contributed by atoms with van der Waals surface area (Å²) in [7, 11) is 0. The Kier molecular flexibility index (Phi) is 5.62. The van der Waals surface area contributed by atoms with E-state index in [0.29, 0.717) is 6.54 Å². The smallest absolute Gasteiger partial charge is 0.0621 e. The van der Waals surface area contributed by atoms with E-state index in [1.807, 2.05) is 0 Å². The Hall–Kier alpha value is -0.860. The zero-order valence-corrected chi connectivity index (χ0v) is 12.9. The fourth-order valence-electron chi connectivity index (χ4n) is 3.42. The Morgan fingerprint density at radius 3 is 2.50 bits per heavy atom. The molecule has 0 bridgehead atoms. The fourth-order valence-corrected chi connectivity index (χ4v) is 3.42. The second-order valence-electron chi connectivity index (χ2n) is 6.48. The van der Waals surface area contributed by atoms with E-state index >= 15 is 0 Å². The molecule has 0 aromatic heterocycles. The largest absolute Gasteiger partial charge is 0.392 e. The Labute approximate surface area is 123 Å². The number of aliphatic hydroxyl groups excluding tert-OH is 1. The monoisotopic (exact) mass is 275 g/mol. The minimum absolute atomic E-state index is 0.0794. The summed E-state index contributed by atoms with van der Waals surface area (Å²) in [6.07, 6.45) is 7.19. The fraction of sp³-hybridized carbons (Fsp3) is 0.667. The summed E-state index contributed by atoms with van der Waals surface area (Å²) in [5.41, 5.74) is 9.68. The molecule has 3 N–H and O–H groups in total. The van der Waals surface area contributed by atoms with Crippen LogP contribution in [0.5, 0.6) is 0 Å². The molecular weight excluding hydrogens is 246 g/mol. The van der Waals surface area contributed by atoms with Crippen LogP contribution in [0.4, 0.5) is 0 Å². The van der Waals surface area contributed by atoms with E-state index in [9.17, 15) is 5.11 Å². The number of nitrogens with two attached hydrogens (primary N) is 1. The van der Waals surface area contributed by atoms with Gasteiger partial charge in [0, 0.05) is 12.5 Å². The lowest BCUT2D eigenvalue weighted by molar-refractivity contribution is 0.127. The van der Waals surface area contributed by atoms with Crippen molar-refractivity contribution in [3.05, 3.63) is 34.9 Å². The highest BCUT2D eigenvalue weighted by molar-refractivity contribution is 5.32. The molecule has 112 valence electrons. The maximum Gasteiger partial charge on any atom is 0.0621 e. The zero-order chi connectivity index (χ0) is 14.5. The molecule has 1 saturated carbocycles. The number of aliphatic hydroxyl groups is 1. The maximum absolute atomic E-state index is 10.5. The Balaban J connectivity index is 1.96. The third kappa shape index (κ3) is 3.83. The van der Waals surface area contributed by atoms with Gasteiger partial charge in [-0.3, -0.25) is 0 Å². The van der Waals surface area contributed by atoms with E-state index in [4.69, 9.17) is 5.73 Å². The van der Waals surface area contributed by atoms with E-state index in [0.717, 1.165) is 18.8 Å². The van der Waals surface area contributed by atoms with Crippen LogP contribution in [0.1, 0.15) is 61.1 Å². The highest BCUT2D eigenvalue weighted by atomic mass is 16.3. The number of aryl methyl sites for hydroxylation is 2. The first kappa shape index (κ1) is 15.5. The minimum atomic E-state index is -0.303. The van der Waals surface area contributed by atoms with Crippen molar-refractivity contribution in [2.24, 2.45) is 11.7 Å². The molecule has 2 unspecified atom stereocenters. The van der Waals surface area contributed by atoms with E-state index < -0.39 is 0 Å². The normalized spacial score (nSPS) is 19.2. The van der Waals surface area contributed by atoms with Crippen molar-refractivity contribution in [3.63, 3.8) is 0 Å². The number of hydrogen-bond acceptors (Lipinski definition) is 2. The maximum atomic E-state index is 10.5. The van der Waals surface area contributed by atoms with Crippen LogP contribution in [-0.4, -0.2) is 17.8 Å². The van der Waals surface area contributed by atoms with E-state index in [-0.39, 0.29) is 12.0 Å². The summed E-state index contributed by atoms with van der Waals surface area (Å²) in [4.78, 5) is 0. The lowest BCUT2D eigenvalue weighted by Gasteiger charge is -2.23. The van der Waals surface area contributed by atoms with Crippen LogP contribution in [-0.2, 0) is 0 Å². The Morgan fingerprint density at radius 2 is 1.90 bits per heavy atom. The van der Waals surface area contributed by atoms with Crippen molar-refractivity contribution in [1.82, 2.24) is 0 Å². The molecule has 0 aliphatic heterocycles. The third-order valence-electron chi connectivity index (χ3n) is 5.02. The molecule has 0 heterocycles. The van der Waals surface area contributed by atoms with Crippen molar-refractivity contribution < 1.29 is 5.11 Å². The van der Waals surface area contributed by atoms with Gasteiger partial charge in [0.25, 0.3) is 0 Å². The molecule has 0 saturated heterocycles. The van der Waals surface area contributed by atoms with Gasteiger partial charge in [-0.1, -0.05) is 43.9 Å². The zero-order valence-electron chi connectivity index (χ0n) is 12.9. The first-order valence-electron chi connectivity index (χ1n) is 8.07. The second-order valence-corrected chi connectivity index (χ2v) is 6.48. The van der Waals surface area contributed by atoms with Crippen LogP contribution >= 0.6 is 0 Å². The number of hydrogen-bond donors (Lipinski definition) is 2. The molecule has 0 amide bonds. The van der Waals surface area contributed by atoms with E-state index in [1.165, 1.54) is 42.4 Å². The second kappa shape index (κ2) is 7.24. The van der Waals surface area contributed by atoms with Gasteiger partial charge in [-0.05, 0) is 49.3 Å². The van der Waals surface area contributed by atoms with Crippen LogP contribution in [0.15, 0.2) is 18.2 Å². The van der Waals surface area contributed by atoms with Gasteiger partial charge in [0.05, 0.1) is 6.10 Å². The summed E-state index contributed by atoms with van der Waals surface area (Å²) < 4.78 is 0. The molecule has 2 nitrogen and oxygen atoms in total.